The predicted octanol–water partition coefficient (Wildman–Crippen LogP) is 6.01. The molecule has 4 nitrogen and oxygen atoms in total. The van der Waals surface area contributed by atoms with Crippen LogP contribution in [0, 0.1) is 6.92 Å². The minimum Gasteiger partial charge on any atom is -0.350 e. The third-order valence-corrected chi connectivity index (χ3v) is 6.25. The van der Waals surface area contributed by atoms with E-state index in [1.807, 2.05) is 122 Å². The SMILES string of the molecule is Cc1ccc(CNC(=O)[C@H](c2ccccc2)N(Cc2ccccc2)C(=O)CCc2ccccc2)cc1. The molecule has 4 rings (SSSR count). The summed E-state index contributed by atoms with van der Waals surface area (Å²) in [6, 6.07) is 36.7. The van der Waals surface area contributed by atoms with E-state index >= 15 is 0 Å². The summed E-state index contributed by atoms with van der Waals surface area (Å²) < 4.78 is 0. The first-order valence-corrected chi connectivity index (χ1v) is 12.4. The van der Waals surface area contributed by atoms with Crippen LogP contribution in [0.3, 0.4) is 0 Å². The summed E-state index contributed by atoms with van der Waals surface area (Å²) >= 11 is 0. The molecule has 0 aromatic heterocycles. The van der Waals surface area contributed by atoms with Crippen molar-refractivity contribution in [2.45, 2.75) is 38.9 Å². The Hall–Kier alpha value is -4.18. The quantitative estimate of drug-likeness (QED) is 0.305. The zero-order valence-electron chi connectivity index (χ0n) is 20.6. The van der Waals surface area contributed by atoms with Crippen molar-refractivity contribution in [3.8, 4) is 0 Å². The smallest absolute Gasteiger partial charge is 0.247 e. The third-order valence-electron chi connectivity index (χ3n) is 6.25. The second-order valence-electron chi connectivity index (χ2n) is 9.01. The summed E-state index contributed by atoms with van der Waals surface area (Å²) in [5.74, 6) is -0.243. The van der Waals surface area contributed by atoms with Crippen molar-refractivity contribution in [1.29, 1.82) is 0 Å². The molecule has 182 valence electrons. The van der Waals surface area contributed by atoms with E-state index < -0.39 is 6.04 Å². The molecule has 0 heterocycles. The van der Waals surface area contributed by atoms with Crippen LogP contribution in [0.2, 0.25) is 0 Å². The van der Waals surface area contributed by atoms with Gasteiger partial charge in [0.15, 0.2) is 0 Å². The van der Waals surface area contributed by atoms with Crippen LogP contribution in [0.5, 0.6) is 0 Å². The van der Waals surface area contributed by atoms with Crippen LogP contribution in [0.15, 0.2) is 115 Å². The fourth-order valence-corrected chi connectivity index (χ4v) is 4.24. The van der Waals surface area contributed by atoms with Gasteiger partial charge in [0.05, 0.1) is 0 Å². The Balaban J connectivity index is 1.61. The lowest BCUT2D eigenvalue weighted by atomic mass is 10.0. The van der Waals surface area contributed by atoms with Gasteiger partial charge >= 0.3 is 0 Å². The monoisotopic (exact) mass is 476 g/mol. The number of hydrogen-bond donors (Lipinski definition) is 1. The molecule has 0 aliphatic carbocycles. The van der Waals surface area contributed by atoms with Crippen molar-refractivity contribution in [3.05, 3.63) is 143 Å². The highest BCUT2D eigenvalue weighted by atomic mass is 16.2. The van der Waals surface area contributed by atoms with Crippen LogP contribution in [0.4, 0.5) is 0 Å². The normalized spacial score (nSPS) is 11.5. The van der Waals surface area contributed by atoms with Gasteiger partial charge in [0.25, 0.3) is 0 Å². The van der Waals surface area contributed by atoms with Gasteiger partial charge in [-0.05, 0) is 35.6 Å². The molecule has 0 saturated carbocycles. The molecule has 0 aliphatic rings. The minimum absolute atomic E-state index is 0.0537. The maximum Gasteiger partial charge on any atom is 0.247 e. The maximum absolute atomic E-state index is 13.7. The van der Waals surface area contributed by atoms with Gasteiger partial charge in [0.1, 0.15) is 6.04 Å². The van der Waals surface area contributed by atoms with Crippen LogP contribution in [0.25, 0.3) is 0 Å². The Morgan fingerprint density at radius 3 is 1.86 bits per heavy atom. The molecule has 1 atom stereocenters. The number of aryl methyl sites for hydroxylation is 2. The molecule has 0 unspecified atom stereocenters. The lowest BCUT2D eigenvalue weighted by molar-refractivity contribution is -0.141. The Morgan fingerprint density at radius 2 is 1.25 bits per heavy atom. The standard InChI is InChI=1S/C32H32N2O2/c1-25-17-19-27(20-18-25)23-33-32(36)31(29-15-9-4-10-16-29)34(24-28-13-7-3-8-14-28)30(35)22-21-26-11-5-2-6-12-26/h2-20,31H,21-24H2,1H3,(H,33,36)/t31-/m0/s1. The number of hydrogen-bond acceptors (Lipinski definition) is 2. The van der Waals surface area contributed by atoms with E-state index in [2.05, 4.69) is 5.32 Å². The van der Waals surface area contributed by atoms with Crippen LogP contribution >= 0.6 is 0 Å². The van der Waals surface area contributed by atoms with E-state index in [1.54, 1.807) is 4.90 Å². The first-order valence-electron chi connectivity index (χ1n) is 12.4. The van der Waals surface area contributed by atoms with E-state index in [-0.39, 0.29) is 11.8 Å². The second kappa shape index (κ2) is 12.5. The van der Waals surface area contributed by atoms with E-state index in [9.17, 15) is 9.59 Å². The van der Waals surface area contributed by atoms with E-state index in [0.29, 0.717) is 25.9 Å². The van der Waals surface area contributed by atoms with Crippen LogP contribution in [-0.4, -0.2) is 16.7 Å². The van der Waals surface area contributed by atoms with Gasteiger partial charge in [0, 0.05) is 19.5 Å². The lowest BCUT2D eigenvalue weighted by Crippen LogP contribution is -2.43. The fourth-order valence-electron chi connectivity index (χ4n) is 4.24. The molecule has 36 heavy (non-hydrogen) atoms. The highest BCUT2D eigenvalue weighted by Crippen LogP contribution is 2.25. The maximum atomic E-state index is 13.7. The van der Waals surface area contributed by atoms with Crippen LogP contribution in [-0.2, 0) is 29.1 Å². The predicted molar refractivity (Wildman–Crippen MR) is 144 cm³/mol. The molecule has 0 fully saturated rings. The van der Waals surface area contributed by atoms with E-state index in [1.165, 1.54) is 5.56 Å². The third kappa shape index (κ3) is 6.92. The van der Waals surface area contributed by atoms with E-state index in [4.69, 9.17) is 0 Å². The van der Waals surface area contributed by atoms with Crippen LogP contribution in [0.1, 0.15) is 40.3 Å². The molecule has 0 bridgehead atoms. The molecule has 1 N–H and O–H groups in total. The van der Waals surface area contributed by atoms with Gasteiger partial charge in [-0.25, -0.2) is 0 Å². The fraction of sp³-hybridized carbons (Fsp3) is 0.188. The number of nitrogens with one attached hydrogen (secondary N) is 1. The largest absolute Gasteiger partial charge is 0.350 e. The van der Waals surface area contributed by atoms with Gasteiger partial charge in [-0.15, -0.1) is 0 Å². The molecule has 0 radical (unpaired) electrons. The topological polar surface area (TPSA) is 49.4 Å². The number of nitrogens with zero attached hydrogens (tertiary/aromatic N) is 1. The van der Waals surface area contributed by atoms with Crippen molar-refractivity contribution in [2.24, 2.45) is 0 Å². The molecule has 0 aliphatic heterocycles. The number of carbonyl (C=O) groups is 2. The average molecular weight is 477 g/mol. The van der Waals surface area contributed by atoms with Crippen molar-refractivity contribution >= 4 is 11.8 Å². The molecular formula is C32H32N2O2. The van der Waals surface area contributed by atoms with Crippen LogP contribution < -0.4 is 5.32 Å². The minimum atomic E-state index is -0.736. The summed E-state index contributed by atoms with van der Waals surface area (Å²) in [6.07, 6.45) is 0.947. The van der Waals surface area contributed by atoms with Gasteiger partial charge in [0.2, 0.25) is 11.8 Å². The molecule has 4 heteroatoms. The van der Waals surface area contributed by atoms with Crippen molar-refractivity contribution in [2.75, 3.05) is 0 Å². The van der Waals surface area contributed by atoms with Gasteiger partial charge in [-0.1, -0.05) is 121 Å². The average Bonchev–Trinajstić information content (AvgIpc) is 2.93. The first kappa shape index (κ1) is 24.9. The Labute approximate surface area is 213 Å². The van der Waals surface area contributed by atoms with Gasteiger partial charge < -0.3 is 10.2 Å². The molecule has 0 spiro atoms. The molecule has 2 amide bonds. The number of benzene rings is 4. The summed E-state index contributed by atoms with van der Waals surface area (Å²) in [5, 5.41) is 3.08. The Bertz CT molecular complexity index is 1240. The highest BCUT2D eigenvalue weighted by Gasteiger charge is 2.31. The molecular weight excluding hydrogens is 444 g/mol. The van der Waals surface area contributed by atoms with Crippen molar-refractivity contribution in [1.82, 2.24) is 10.2 Å². The number of carbonyl (C=O) groups excluding carboxylic acids is 2. The van der Waals surface area contributed by atoms with Gasteiger partial charge in [-0.3, -0.25) is 9.59 Å². The Kier molecular flexibility index (Phi) is 8.66. The summed E-state index contributed by atoms with van der Waals surface area (Å²) in [7, 11) is 0. The first-order chi connectivity index (χ1) is 17.6. The second-order valence-corrected chi connectivity index (χ2v) is 9.01. The van der Waals surface area contributed by atoms with E-state index in [0.717, 1.165) is 22.3 Å². The zero-order chi connectivity index (χ0) is 25.2. The molecule has 4 aromatic rings. The Morgan fingerprint density at radius 1 is 0.694 bits per heavy atom. The summed E-state index contributed by atoms with van der Waals surface area (Å²) in [5.41, 5.74) is 5.07. The number of rotatable bonds is 10. The van der Waals surface area contributed by atoms with Crippen molar-refractivity contribution < 1.29 is 9.59 Å². The molecule has 0 saturated heterocycles. The van der Waals surface area contributed by atoms with Crippen molar-refractivity contribution in [3.63, 3.8) is 0 Å². The number of amides is 2. The van der Waals surface area contributed by atoms with Gasteiger partial charge in [-0.2, -0.15) is 0 Å². The molecule has 4 aromatic carbocycles. The summed E-state index contributed by atoms with van der Waals surface area (Å²) in [6.45, 7) is 2.79. The highest BCUT2D eigenvalue weighted by molar-refractivity contribution is 5.88. The zero-order valence-corrected chi connectivity index (χ0v) is 20.6. The lowest BCUT2D eigenvalue weighted by Gasteiger charge is -2.32. The summed E-state index contributed by atoms with van der Waals surface area (Å²) in [4.78, 5) is 29.1.